The van der Waals surface area contributed by atoms with E-state index in [9.17, 15) is 4.79 Å². The standard InChI is InChI=1S/C16H27N3O2/c1-5-17-10-7-11-19(15(20)21-16(2,3)4)13-14-8-6-9-18-12-14/h6,8-9,12,17H,5,7,10-11,13H2,1-4H3. The highest BCUT2D eigenvalue weighted by Crippen LogP contribution is 2.12. The van der Waals surface area contributed by atoms with Crippen molar-refractivity contribution in [1.82, 2.24) is 15.2 Å². The zero-order valence-electron chi connectivity index (χ0n) is 13.6. The molecule has 1 N–H and O–H groups in total. The lowest BCUT2D eigenvalue weighted by Gasteiger charge is -2.27. The molecule has 118 valence electrons. The Labute approximate surface area is 127 Å². The Bertz CT molecular complexity index is 415. The molecular weight excluding hydrogens is 266 g/mol. The highest BCUT2D eigenvalue weighted by atomic mass is 16.6. The lowest BCUT2D eigenvalue weighted by Crippen LogP contribution is -2.37. The Morgan fingerprint density at radius 1 is 1.43 bits per heavy atom. The van der Waals surface area contributed by atoms with E-state index < -0.39 is 5.60 Å². The lowest BCUT2D eigenvalue weighted by atomic mass is 10.2. The van der Waals surface area contributed by atoms with Crippen LogP contribution in [0.5, 0.6) is 0 Å². The van der Waals surface area contributed by atoms with Crippen LogP contribution < -0.4 is 5.32 Å². The van der Waals surface area contributed by atoms with Crippen LogP contribution in [0.1, 0.15) is 39.7 Å². The van der Waals surface area contributed by atoms with Crippen molar-refractivity contribution in [3.8, 4) is 0 Å². The number of nitrogens with zero attached hydrogens (tertiary/aromatic N) is 2. The van der Waals surface area contributed by atoms with Gasteiger partial charge in [0.05, 0.1) is 6.54 Å². The van der Waals surface area contributed by atoms with Gasteiger partial charge >= 0.3 is 6.09 Å². The maximum atomic E-state index is 12.3. The molecule has 5 heteroatoms. The molecule has 0 aliphatic rings. The molecule has 1 aromatic heterocycles. The van der Waals surface area contributed by atoms with E-state index in [0.29, 0.717) is 13.1 Å². The maximum absolute atomic E-state index is 12.3. The summed E-state index contributed by atoms with van der Waals surface area (Å²) >= 11 is 0. The van der Waals surface area contributed by atoms with E-state index >= 15 is 0 Å². The van der Waals surface area contributed by atoms with E-state index in [-0.39, 0.29) is 6.09 Å². The van der Waals surface area contributed by atoms with Crippen LogP contribution in [0.4, 0.5) is 4.79 Å². The second kappa shape index (κ2) is 8.62. The van der Waals surface area contributed by atoms with E-state index in [1.54, 1.807) is 17.3 Å². The molecule has 1 aromatic rings. The Kier molecular flexibility index (Phi) is 7.15. The zero-order chi connectivity index (χ0) is 15.7. The first kappa shape index (κ1) is 17.4. The number of rotatable bonds is 7. The van der Waals surface area contributed by atoms with Crippen LogP contribution >= 0.6 is 0 Å². The molecule has 0 bridgehead atoms. The fourth-order valence-electron chi connectivity index (χ4n) is 1.85. The highest BCUT2D eigenvalue weighted by Gasteiger charge is 2.22. The van der Waals surface area contributed by atoms with Gasteiger partial charge in [-0.15, -0.1) is 0 Å². The van der Waals surface area contributed by atoms with E-state index in [4.69, 9.17) is 4.74 Å². The maximum Gasteiger partial charge on any atom is 0.410 e. The number of ether oxygens (including phenoxy) is 1. The molecular formula is C16H27N3O2. The Balaban J connectivity index is 2.62. The molecule has 0 fully saturated rings. The van der Waals surface area contributed by atoms with Gasteiger partial charge in [-0.3, -0.25) is 4.98 Å². The molecule has 0 aliphatic carbocycles. The summed E-state index contributed by atoms with van der Waals surface area (Å²) in [4.78, 5) is 18.1. The lowest BCUT2D eigenvalue weighted by molar-refractivity contribution is 0.0231. The van der Waals surface area contributed by atoms with E-state index in [1.165, 1.54) is 0 Å². The minimum absolute atomic E-state index is 0.275. The number of carbonyl (C=O) groups excluding carboxylic acids is 1. The number of aromatic nitrogens is 1. The topological polar surface area (TPSA) is 54.5 Å². The molecule has 0 radical (unpaired) electrons. The van der Waals surface area contributed by atoms with Gasteiger partial charge in [0, 0.05) is 18.9 Å². The van der Waals surface area contributed by atoms with Crippen molar-refractivity contribution < 1.29 is 9.53 Å². The van der Waals surface area contributed by atoms with Crippen molar-refractivity contribution in [3.63, 3.8) is 0 Å². The highest BCUT2D eigenvalue weighted by molar-refractivity contribution is 5.68. The number of hydrogen-bond donors (Lipinski definition) is 1. The third kappa shape index (κ3) is 7.66. The fourth-order valence-corrected chi connectivity index (χ4v) is 1.85. The van der Waals surface area contributed by atoms with Crippen molar-refractivity contribution >= 4 is 6.09 Å². The van der Waals surface area contributed by atoms with Crippen LogP contribution in [0.3, 0.4) is 0 Å². The normalized spacial score (nSPS) is 11.2. The molecule has 1 heterocycles. The summed E-state index contributed by atoms with van der Waals surface area (Å²) < 4.78 is 5.48. The third-order valence-corrected chi connectivity index (χ3v) is 2.78. The summed E-state index contributed by atoms with van der Waals surface area (Å²) in [6, 6.07) is 3.84. The SMILES string of the molecule is CCNCCCN(Cc1cccnc1)C(=O)OC(C)(C)C. The van der Waals surface area contributed by atoms with Crippen LogP contribution in [0.25, 0.3) is 0 Å². The quantitative estimate of drug-likeness (QED) is 0.785. The van der Waals surface area contributed by atoms with Crippen molar-refractivity contribution in [3.05, 3.63) is 30.1 Å². The van der Waals surface area contributed by atoms with Gasteiger partial charge in [0.15, 0.2) is 0 Å². The second-order valence-electron chi connectivity index (χ2n) is 5.97. The van der Waals surface area contributed by atoms with Crippen molar-refractivity contribution in [2.45, 2.75) is 46.3 Å². The number of nitrogens with one attached hydrogen (secondary N) is 1. The predicted octanol–water partition coefficient (Wildman–Crippen LogP) is 2.82. The Hall–Kier alpha value is -1.62. The Morgan fingerprint density at radius 3 is 2.76 bits per heavy atom. The first-order valence-corrected chi connectivity index (χ1v) is 7.50. The smallest absolute Gasteiger partial charge is 0.410 e. The molecule has 0 atom stereocenters. The van der Waals surface area contributed by atoms with Gasteiger partial charge in [-0.2, -0.15) is 0 Å². The van der Waals surface area contributed by atoms with Crippen LogP contribution in [-0.4, -0.2) is 41.2 Å². The summed E-state index contributed by atoms with van der Waals surface area (Å²) in [6.07, 6.45) is 4.13. The molecule has 0 aromatic carbocycles. The molecule has 0 unspecified atom stereocenters. The predicted molar refractivity (Wildman–Crippen MR) is 84.0 cm³/mol. The summed E-state index contributed by atoms with van der Waals surface area (Å²) in [5.41, 5.74) is 0.526. The summed E-state index contributed by atoms with van der Waals surface area (Å²) in [6.45, 7) is 10.7. The average Bonchev–Trinajstić information content (AvgIpc) is 2.41. The van der Waals surface area contributed by atoms with Gasteiger partial charge in [-0.25, -0.2) is 4.79 Å². The first-order chi connectivity index (χ1) is 9.92. The monoisotopic (exact) mass is 293 g/mol. The van der Waals surface area contributed by atoms with Gasteiger partial charge in [0.2, 0.25) is 0 Å². The largest absolute Gasteiger partial charge is 0.444 e. The molecule has 5 nitrogen and oxygen atoms in total. The Morgan fingerprint density at radius 2 is 2.19 bits per heavy atom. The van der Waals surface area contributed by atoms with Gasteiger partial charge in [-0.1, -0.05) is 13.0 Å². The fraction of sp³-hybridized carbons (Fsp3) is 0.625. The molecule has 0 saturated heterocycles. The number of amides is 1. The summed E-state index contributed by atoms with van der Waals surface area (Å²) in [7, 11) is 0. The number of hydrogen-bond acceptors (Lipinski definition) is 4. The van der Waals surface area contributed by atoms with Gasteiger partial charge in [0.1, 0.15) is 5.60 Å². The molecule has 0 saturated carbocycles. The number of pyridine rings is 1. The minimum Gasteiger partial charge on any atom is -0.444 e. The zero-order valence-corrected chi connectivity index (χ0v) is 13.6. The molecule has 0 aliphatic heterocycles. The summed E-state index contributed by atoms with van der Waals surface area (Å²) in [5, 5.41) is 3.26. The molecule has 0 spiro atoms. The molecule has 1 rings (SSSR count). The van der Waals surface area contributed by atoms with E-state index in [1.807, 2.05) is 32.9 Å². The second-order valence-corrected chi connectivity index (χ2v) is 5.97. The van der Waals surface area contributed by atoms with Gasteiger partial charge in [0.25, 0.3) is 0 Å². The average molecular weight is 293 g/mol. The number of carbonyl (C=O) groups is 1. The molecule has 21 heavy (non-hydrogen) atoms. The van der Waals surface area contributed by atoms with Crippen LogP contribution in [0, 0.1) is 0 Å². The first-order valence-electron chi connectivity index (χ1n) is 7.50. The van der Waals surface area contributed by atoms with E-state index in [2.05, 4.69) is 17.2 Å². The van der Waals surface area contributed by atoms with Crippen molar-refractivity contribution in [1.29, 1.82) is 0 Å². The summed E-state index contributed by atoms with van der Waals surface area (Å²) in [5.74, 6) is 0. The van der Waals surface area contributed by atoms with Crippen LogP contribution in [0.15, 0.2) is 24.5 Å². The van der Waals surface area contributed by atoms with Gasteiger partial charge in [-0.05, 0) is 51.9 Å². The van der Waals surface area contributed by atoms with Gasteiger partial charge < -0.3 is 15.0 Å². The van der Waals surface area contributed by atoms with E-state index in [0.717, 1.165) is 25.1 Å². The van der Waals surface area contributed by atoms with Crippen LogP contribution in [0.2, 0.25) is 0 Å². The molecule has 1 amide bonds. The van der Waals surface area contributed by atoms with Crippen molar-refractivity contribution in [2.75, 3.05) is 19.6 Å². The van der Waals surface area contributed by atoms with Crippen molar-refractivity contribution in [2.24, 2.45) is 0 Å². The third-order valence-electron chi connectivity index (χ3n) is 2.78. The van der Waals surface area contributed by atoms with Crippen LogP contribution in [-0.2, 0) is 11.3 Å². The minimum atomic E-state index is -0.480.